The molecule has 0 N–H and O–H groups in total. The topological polar surface area (TPSA) is 35.0 Å². The van der Waals surface area contributed by atoms with Gasteiger partial charge < -0.3 is 4.74 Å². The predicted molar refractivity (Wildman–Crippen MR) is 54.2 cm³/mol. The van der Waals surface area contributed by atoms with Gasteiger partial charge in [-0.15, -0.1) is 0 Å². The quantitative estimate of drug-likeness (QED) is 0.723. The minimum Gasteiger partial charge on any atom is -0.370 e. The maximum absolute atomic E-state index is 5.81. The van der Waals surface area contributed by atoms with Gasteiger partial charge in [-0.05, 0) is 32.3 Å². The van der Waals surface area contributed by atoms with E-state index < -0.39 is 0 Å². The monoisotopic (exact) mass is 212 g/mol. The van der Waals surface area contributed by atoms with Crippen LogP contribution in [0.2, 0.25) is 5.15 Å². The first-order valence-electron chi connectivity index (χ1n) is 4.86. The lowest BCUT2D eigenvalue weighted by Gasteiger charge is -2.25. The molecule has 3 nitrogen and oxygen atoms in total. The Morgan fingerprint density at radius 2 is 2.29 bits per heavy atom. The van der Waals surface area contributed by atoms with Crippen molar-refractivity contribution in [1.29, 1.82) is 0 Å². The second-order valence-electron chi connectivity index (χ2n) is 3.61. The number of nitrogens with zero attached hydrogens (tertiary/aromatic N) is 2. The summed E-state index contributed by atoms with van der Waals surface area (Å²) in [6.07, 6.45) is 4.03. The standard InChI is InChI=1S/C10H13ClN2O/c1-7-5-9(11)13-10(12-7)6-14-8-3-2-4-8/h5,8H,2-4,6H2,1H3. The highest BCUT2D eigenvalue weighted by Gasteiger charge is 2.18. The molecule has 1 aliphatic rings. The lowest BCUT2D eigenvalue weighted by atomic mass is 9.96. The van der Waals surface area contributed by atoms with Gasteiger partial charge in [0.15, 0.2) is 5.82 Å². The lowest BCUT2D eigenvalue weighted by molar-refractivity contribution is -0.0117. The van der Waals surface area contributed by atoms with Crippen LogP contribution in [-0.4, -0.2) is 16.1 Å². The van der Waals surface area contributed by atoms with E-state index in [1.165, 1.54) is 19.3 Å². The van der Waals surface area contributed by atoms with Crippen molar-refractivity contribution in [2.75, 3.05) is 0 Å². The Bertz CT molecular complexity index is 306. The molecule has 0 amide bonds. The summed E-state index contributed by atoms with van der Waals surface area (Å²) in [5, 5.41) is 0.490. The lowest BCUT2D eigenvalue weighted by Crippen LogP contribution is -2.21. The first-order chi connectivity index (χ1) is 6.74. The highest BCUT2D eigenvalue weighted by Crippen LogP contribution is 2.22. The molecule has 4 heteroatoms. The van der Waals surface area contributed by atoms with Crippen LogP contribution in [0.1, 0.15) is 30.8 Å². The third kappa shape index (κ3) is 2.42. The molecule has 0 spiro atoms. The van der Waals surface area contributed by atoms with Crippen molar-refractivity contribution in [2.45, 2.75) is 38.9 Å². The third-order valence-electron chi connectivity index (χ3n) is 2.37. The van der Waals surface area contributed by atoms with E-state index in [1.807, 2.05) is 6.92 Å². The summed E-state index contributed by atoms with van der Waals surface area (Å²) < 4.78 is 5.59. The average Bonchev–Trinajstić information content (AvgIpc) is 1.99. The molecule has 0 radical (unpaired) electrons. The van der Waals surface area contributed by atoms with Crippen molar-refractivity contribution in [1.82, 2.24) is 9.97 Å². The third-order valence-corrected chi connectivity index (χ3v) is 2.56. The molecule has 1 aromatic rings. The van der Waals surface area contributed by atoms with Crippen LogP contribution in [-0.2, 0) is 11.3 Å². The molecule has 1 fully saturated rings. The maximum Gasteiger partial charge on any atom is 0.155 e. The summed E-state index contributed by atoms with van der Waals surface area (Å²) in [5.74, 6) is 0.682. The zero-order valence-corrected chi connectivity index (χ0v) is 8.92. The Morgan fingerprint density at radius 3 is 2.86 bits per heavy atom. The fourth-order valence-electron chi connectivity index (χ4n) is 1.38. The Kier molecular flexibility index (Phi) is 2.99. The zero-order valence-electron chi connectivity index (χ0n) is 8.16. The molecule has 14 heavy (non-hydrogen) atoms. The fraction of sp³-hybridized carbons (Fsp3) is 0.600. The van der Waals surface area contributed by atoms with Crippen molar-refractivity contribution in [2.24, 2.45) is 0 Å². The summed E-state index contributed by atoms with van der Waals surface area (Å²) in [5.41, 5.74) is 0.886. The summed E-state index contributed by atoms with van der Waals surface area (Å²) in [4.78, 5) is 8.34. The number of aromatic nitrogens is 2. The number of rotatable bonds is 3. The normalized spacial score (nSPS) is 16.7. The second kappa shape index (κ2) is 4.24. The van der Waals surface area contributed by atoms with E-state index in [0.717, 1.165) is 5.69 Å². The zero-order chi connectivity index (χ0) is 9.97. The molecule has 2 rings (SSSR count). The SMILES string of the molecule is Cc1cc(Cl)nc(COC2CCC2)n1. The summed E-state index contributed by atoms with van der Waals surface area (Å²) in [7, 11) is 0. The molecular weight excluding hydrogens is 200 g/mol. The Morgan fingerprint density at radius 1 is 1.50 bits per heavy atom. The molecule has 0 aromatic carbocycles. The molecule has 1 aromatic heterocycles. The second-order valence-corrected chi connectivity index (χ2v) is 4.00. The molecule has 1 heterocycles. The molecule has 0 aliphatic heterocycles. The van der Waals surface area contributed by atoms with Gasteiger partial charge in [-0.2, -0.15) is 0 Å². The van der Waals surface area contributed by atoms with E-state index >= 15 is 0 Å². The molecule has 1 saturated carbocycles. The van der Waals surface area contributed by atoms with Gasteiger partial charge in [-0.1, -0.05) is 11.6 Å². The van der Waals surface area contributed by atoms with Crippen molar-refractivity contribution >= 4 is 11.6 Å². The van der Waals surface area contributed by atoms with Crippen LogP contribution < -0.4 is 0 Å². The molecule has 0 unspecified atom stereocenters. The predicted octanol–water partition coefficient (Wildman–Crippen LogP) is 2.51. The van der Waals surface area contributed by atoms with Crippen LogP contribution >= 0.6 is 11.6 Å². The number of hydrogen-bond donors (Lipinski definition) is 0. The van der Waals surface area contributed by atoms with Gasteiger partial charge in [0.05, 0.1) is 6.10 Å². The minimum atomic E-state index is 0.415. The molecular formula is C10H13ClN2O. The van der Waals surface area contributed by atoms with Crippen LogP contribution in [0.25, 0.3) is 0 Å². The van der Waals surface area contributed by atoms with Gasteiger partial charge in [0.25, 0.3) is 0 Å². The number of ether oxygens (including phenoxy) is 1. The van der Waals surface area contributed by atoms with Gasteiger partial charge >= 0.3 is 0 Å². The Balaban J connectivity index is 1.94. The van der Waals surface area contributed by atoms with E-state index in [9.17, 15) is 0 Å². The van der Waals surface area contributed by atoms with Crippen molar-refractivity contribution in [3.8, 4) is 0 Å². The van der Waals surface area contributed by atoms with Gasteiger partial charge in [0, 0.05) is 5.69 Å². The smallest absolute Gasteiger partial charge is 0.155 e. The number of hydrogen-bond acceptors (Lipinski definition) is 3. The van der Waals surface area contributed by atoms with Crippen LogP contribution in [0.3, 0.4) is 0 Å². The molecule has 0 atom stereocenters. The largest absolute Gasteiger partial charge is 0.370 e. The molecule has 76 valence electrons. The van der Waals surface area contributed by atoms with Crippen molar-refractivity contribution in [3.05, 3.63) is 22.7 Å². The van der Waals surface area contributed by atoms with Crippen LogP contribution in [0.4, 0.5) is 0 Å². The van der Waals surface area contributed by atoms with Gasteiger partial charge in [0.1, 0.15) is 11.8 Å². The van der Waals surface area contributed by atoms with Crippen molar-refractivity contribution < 1.29 is 4.74 Å². The van der Waals surface area contributed by atoms with Crippen LogP contribution in [0.5, 0.6) is 0 Å². The molecule has 0 saturated heterocycles. The van der Waals surface area contributed by atoms with Crippen LogP contribution in [0.15, 0.2) is 6.07 Å². The Hall–Kier alpha value is -0.670. The first-order valence-corrected chi connectivity index (χ1v) is 5.23. The van der Waals surface area contributed by atoms with E-state index in [4.69, 9.17) is 16.3 Å². The van der Waals surface area contributed by atoms with E-state index in [0.29, 0.717) is 23.7 Å². The van der Waals surface area contributed by atoms with Gasteiger partial charge in [0.2, 0.25) is 0 Å². The summed E-state index contributed by atoms with van der Waals surface area (Å²) in [6, 6.07) is 1.74. The highest BCUT2D eigenvalue weighted by molar-refractivity contribution is 6.29. The minimum absolute atomic E-state index is 0.415. The summed E-state index contributed by atoms with van der Waals surface area (Å²) >= 11 is 5.81. The number of aryl methyl sites for hydroxylation is 1. The van der Waals surface area contributed by atoms with E-state index in [-0.39, 0.29) is 0 Å². The Labute approximate surface area is 88.5 Å². The fourth-order valence-corrected chi connectivity index (χ4v) is 1.64. The number of halogens is 1. The van der Waals surface area contributed by atoms with Crippen molar-refractivity contribution in [3.63, 3.8) is 0 Å². The van der Waals surface area contributed by atoms with Gasteiger partial charge in [-0.3, -0.25) is 0 Å². The first kappa shape index (κ1) is 9.87. The highest BCUT2D eigenvalue weighted by atomic mass is 35.5. The van der Waals surface area contributed by atoms with Crippen LogP contribution in [0, 0.1) is 6.92 Å². The van der Waals surface area contributed by atoms with Gasteiger partial charge in [-0.25, -0.2) is 9.97 Å². The summed E-state index contributed by atoms with van der Waals surface area (Å²) in [6.45, 7) is 2.38. The molecule has 0 bridgehead atoms. The average molecular weight is 213 g/mol. The molecule has 1 aliphatic carbocycles. The maximum atomic E-state index is 5.81. The van der Waals surface area contributed by atoms with E-state index in [2.05, 4.69) is 9.97 Å². The van der Waals surface area contributed by atoms with E-state index in [1.54, 1.807) is 6.07 Å².